The molecule has 3 heteroatoms. The van der Waals surface area contributed by atoms with Gasteiger partial charge in [-0.1, -0.05) is 117 Å². The normalized spacial score (nSPS) is 13.5. The fourth-order valence-electron chi connectivity index (χ4n) is 6.47. The highest BCUT2D eigenvalue weighted by molar-refractivity contribution is 6.66. The van der Waals surface area contributed by atoms with Crippen molar-refractivity contribution in [3.05, 3.63) is 126 Å². The molecule has 0 aliphatic heterocycles. The maximum absolute atomic E-state index is 10.5. The van der Waals surface area contributed by atoms with Gasteiger partial charge < -0.3 is 10.0 Å². The van der Waals surface area contributed by atoms with Gasteiger partial charge in [0, 0.05) is 5.41 Å². The highest BCUT2D eigenvalue weighted by Crippen LogP contribution is 2.50. The molecule has 0 spiro atoms. The summed E-state index contributed by atoms with van der Waals surface area (Å²) in [5.41, 5.74) is 10.2. The van der Waals surface area contributed by atoms with E-state index in [1.54, 1.807) is 0 Å². The van der Waals surface area contributed by atoms with Crippen LogP contribution >= 0.6 is 0 Å². The van der Waals surface area contributed by atoms with Crippen molar-refractivity contribution < 1.29 is 10.0 Å². The van der Waals surface area contributed by atoms with Crippen molar-refractivity contribution in [2.24, 2.45) is 0 Å². The molecule has 2 N–H and O–H groups in total. The van der Waals surface area contributed by atoms with Crippen molar-refractivity contribution in [3.8, 4) is 33.4 Å². The zero-order valence-electron chi connectivity index (χ0n) is 21.4. The summed E-state index contributed by atoms with van der Waals surface area (Å²) in [4.78, 5) is 0. The molecule has 0 heterocycles. The maximum atomic E-state index is 10.5. The number of hydrogen-bond acceptors (Lipinski definition) is 2. The molecule has 182 valence electrons. The Morgan fingerprint density at radius 1 is 0.500 bits per heavy atom. The molecule has 0 radical (unpaired) electrons. The predicted molar refractivity (Wildman–Crippen MR) is 160 cm³/mol. The van der Waals surface area contributed by atoms with Gasteiger partial charge in [0.1, 0.15) is 0 Å². The zero-order chi connectivity index (χ0) is 26.0. The highest BCUT2D eigenvalue weighted by atomic mass is 16.4. The molecule has 0 saturated carbocycles. The molecule has 0 amide bonds. The standard InChI is InChI=1S/C35H27BO2/c1-35(2)31-15-9-8-12-25(31)26-18-17-24(21-32(26)35)33-27-13-6-7-14-28(27)34(36(37)38)29-19-16-23(20-30(29)33)22-10-4-3-5-11-22/h3-21,37-38H,1-2H3. The van der Waals surface area contributed by atoms with Gasteiger partial charge >= 0.3 is 7.12 Å². The third kappa shape index (κ3) is 3.29. The molecule has 6 aromatic rings. The molecule has 7 rings (SSSR count). The molecule has 2 nitrogen and oxygen atoms in total. The first-order valence-electron chi connectivity index (χ1n) is 13.1. The lowest BCUT2D eigenvalue weighted by molar-refractivity contribution is 0.426. The second-order valence-electron chi connectivity index (χ2n) is 10.8. The number of benzene rings is 6. The zero-order valence-corrected chi connectivity index (χ0v) is 21.4. The number of hydrogen-bond donors (Lipinski definition) is 2. The third-order valence-corrected chi connectivity index (χ3v) is 8.30. The summed E-state index contributed by atoms with van der Waals surface area (Å²) in [6.07, 6.45) is 0. The summed E-state index contributed by atoms with van der Waals surface area (Å²) in [6, 6.07) is 40.2. The minimum Gasteiger partial charge on any atom is -0.423 e. The fourth-order valence-corrected chi connectivity index (χ4v) is 6.47. The summed E-state index contributed by atoms with van der Waals surface area (Å²) in [5, 5.41) is 24.8. The Balaban J connectivity index is 1.58. The lowest BCUT2D eigenvalue weighted by atomic mass is 9.72. The monoisotopic (exact) mass is 490 g/mol. The summed E-state index contributed by atoms with van der Waals surface area (Å²) in [5.74, 6) is 0. The van der Waals surface area contributed by atoms with Crippen molar-refractivity contribution in [2.75, 3.05) is 0 Å². The van der Waals surface area contributed by atoms with Crippen LogP contribution in [0.15, 0.2) is 115 Å². The molecule has 0 aromatic heterocycles. The van der Waals surface area contributed by atoms with E-state index in [1.807, 2.05) is 42.5 Å². The topological polar surface area (TPSA) is 40.5 Å². The van der Waals surface area contributed by atoms with Gasteiger partial charge in [0.15, 0.2) is 0 Å². The van der Waals surface area contributed by atoms with E-state index in [4.69, 9.17) is 0 Å². The van der Waals surface area contributed by atoms with Crippen molar-refractivity contribution >= 4 is 34.1 Å². The van der Waals surface area contributed by atoms with E-state index in [-0.39, 0.29) is 5.41 Å². The fraction of sp³-hybridized carbons (Fsp3) is 0.0857. The Morgan fingerprint density at radius 2 is 1.13 bits per heavy atom. The van der Waals surface area contributed by atoms with E-state index < -0.39 is 7.12 Å². The summed E-state index contributed by atoms with van der Waals surface area (Å²) < 4.78 is 0. The molecular weight excluding hydrogens is 463 g/mol. The average Bonchev–Trinajstić information content (AvgIpc) is 3.17. The van der Waals surface area contributed by atoms with Gasteiger partial charge in [-0.25, -0.2) is 0 Å². The minimum absolute atomic E-state index is 0.107. The summed E-state index contributed by atoms with van der Waals surface area (Å²) in [7, 11) is -1.58. The van der Waals surface area contributed by atoms with Crippen molar-refractivity contribution in [1.82, 2.24) is 0 Å². The summed E-state index contributed by atoms with van der Waals surface area (Å²) >= 11 is 0. The van der Waals surface area contributed by atoms with Crippen LogP contribution in [0.2, 0.25) is 0 Å². The second-order valence-corrected chi connectivity index (χ2v) is 10.8. The first-order chi connectivity index (χ1) is 18.4. The van der Waals surface area contributed by atoms with Gasteiger partial charge in [0.25, 0.3) is 0 Å². The molecular formula is C35H27BO2. The Labute approximate surface area is 223 Å². The lowest BCUT2D eigenvalue weighted by Gasteiger charge is -2.23. The van der Waals surface area contributed by atoms with E-state index in [2.05, 4.69) is 86.6 Å². The second kappa shape index (κ2) is 8.42. The minimum atomic E-state index is -1.58. The lowest BCUT2D eigenvalue weighted by Crippen LogP contribution is -2.31. The molecule has 1 aliphatic rings. The van der Waals surface area contributed by atoms with Crippen molar-refractivity contribution in [1.29, 1.82) is 0 Å². The van der Waals surface area contributed by atoms with Crippen LogP contribution < -0.4 is 5.46 Å². The Kier molecular flexibility index (Phi) is 5.09. The molecule has 0 saturated heterocycles. The number of rotatable bonds is 3. The molecule has 6 aromatic carbocycles. The number of fused-ring (bicyclic) bond motifs is 5. The smallest absolute Gasteiger partial charge is 0.423 e. The van der Waals surface area contributed by atoms with Crippen LogP contribution in [0.5, 0.6) is 0 Å². The van der Waals surface area contributed by atoms with Crippen LogP contribution in [-0.2, 0) is 5.41 Å². The Hall–Kier alpha value is -4.18. The Morgan fingerprint density at radius 3 is 1.92 bits per heavy atom. The van der Waals surface area contributed by atoms with Crippen LogP contribution in [0.1, 0.15) is 25.0 Å². The van der Waals surface area contributed by atoms with Gasteiger partial charge in [0.05, 0.1) is 0 Å². The van der Waals surface area contributed by atoms with E-state index in [9.17, 15) is 10.0 Å². The van der Waals surface area contributed by atoms with Gasteiger partial charge in [0.2, 0.25) is 0 Å². The third-order valence-electron chi connectivity index (χ3n) is 8.30. The van der Waals surface area contributed by atoms with Crippen LogP contribution in [-0.4, -0.2) is 17.2 Å². The molecule has 38 heavy (non-hydrogen) atoms. The van der Waals surface area contributed by atoms with Crippen LogP contribution in [0.3, 0.4) is 0 Å². The van der Waals surface area contributed by atoms with Crippen LogP contribution in [0.4, 0.5) is 0 Å². The first kappa shape index (κ1) is 23.0. The average molecular weight is 490 g/mol. The predicted octanol–water partition coefficient (Wildman–Crippen LogP) is 7.31. The van der Waals surface area contributed by atoms with Crippen LogP contribution in [0.25, 0.3) is 54.9 Å². The molecule has 1 aliphatic carbocycles. The van der Waals surface area contributed by atoms with Crippen LogP contribution in [0, 0.1) is 0 Å². The van der Waals surface area contributed by atoms with E-state index in [0.29, 0.717) is 5.46 Å². The Bertz CT molecular complexity index is 1870. The quantitative estimate of drug-likeness (QED) is 0.202. The molecule has 0 fully saturated rings. The first-order valence-corrected chi connectivity index (χ1v) is 13.1. The molecule has 0 atom stereocenters. The van der Waals surface area contributed by atoms with Crippen molar-refractivity contribution in [3.63, 3.8) is 0 Å². The highest BCUT2D eigenvalue weighted by Gasteiger charge is 2.35. The van der Waals surface area contributed by atoms with E-state index in [0.717, 1.165) is 43.8 Å². The van der Waals surface area contributed by atoms with Gasteiger partial charge in [-0.3, -0.25) is 0 Å². The largest absolute Gasteiger partial charge is 0.489 e. The summed E-state index contributed by atoms with van der Waals surface area (Å²) in [6.45, 7) is 4.60. The SMILES string of the molecule is CC1(C)c2ccccc2-c2ccc(-c3c4ccccc4c(B(O)O)c4ccc(-c5ccccc5)cc34)cc21. The van der Waals surface area contributed by atoms with E-state index in [1.165, 1.54) is 22.3 Å². The van der Waals surface area contributed by atoms with Gasteiger partial charge in [-0.2, -0.15) is 0 Å². The van der Waals surface area contributed by atoms with Gasteiger partial charge in [-0.05, 0) is 83.6 Å². The van der Waals surface area contributed by atoms with Gasteiger partial charge in [-0.15, -0.1) is 0 Å². The molecule has 0 unspecified atom stereocenters. The maximum Gasteiger partial charge on any atom is 0.489 e. The van der Waals surface area contributed by atoms with E-state index >= 15 is 0 Å². The van der Waals surface area contributed by atoms with Crippen molar-refractivity contribution in [2.45, 2.75) is 19.3 Å². The molecule has 0 bridgehead atoms.